The molecule has 1 heterocycles. The highest BCUT2D eigenvalue weighted by atomic mass is 127. The molecule has 1 saturated heterocycles. The minimum atomic E-state index is -0.000403. The predicted octanol–water partition coefficient (Wildman–Crippen LogP) is 2.20. The highest BCUT2D eigenvalue weighted by Gasteiger charge is 2.21. The van der Waals surface area contributed by atoms with Crippen LogP contribution in [-0.2, 0) is 4.79 Å². The molecule has 7 heteroatoms. The summed E-state index contributed by atoms with van der Waals surface area (Å²) in [5.74, 6) is 1.89. The van der Waals surface area contributed by atoms with Crippen molar-refractivity contribution in [2.24, 2.45) is 4.99 Å². The molecule has 6 nitrogen and oxygen atoms in total. The van der Waals surface area contributed by atoms with Crippen molar-refractivity contribution in [2.45, 2.75) is 26.9 Å². The second kappa shape index (κ2) is 11.2. The van der Waals surface area contributed by atoms with Crippen LogP contribution in [0.1, 0.15) is 20.8 Å². The third-order valence-electron chi connectivity index (χ3n) is 3.94. The van der Waals surface area contributed by atoms with Gasteiger partial charge in [0, 0.05) is 39.6 Å². The maximum absolute atomic E-state index is 11.4. The quantitative estimate of drug-likeness (QED) is 0.416. The van der Waals surface area contributed by atoms with Gasteiger partial charge in [-0.3, -0.25) is 4.79 Å². The minimum absolute atomic E-state index is 0. The highest BCUT2D eigenvalue weighted by Crippen LogP contribution is 2.11. The van der Waals surface area contributed by atoms with Crippen LogP contribution >= 0.6 is 24.0 Å². The van der Waals surface area contributed by atoms with E-state index in [4.69, 9.17) is 9.73 Å². The fourth-order valence-electron chi connectivity index (χ4n) is 2.64. The fourth-order valence-corrected chi connectivity index (χ4v) is 2.64. The van der Waals surface area contributed by atoms with E-state index in [9.17, 15) is 4.79 Å². The van der Waals surface area contributed by atoms with E-state index in [1.54, 1.807) is 6.92 Å². The molecule has 25 heavy (non-hydrogen) atoms. The van der Waals surface area contributed by atoms with Crippen molar-refractivity contribution in [2.75, 3.05) is 39.3 Å². The van der Waals surface area contributed by atoms with Crippen LogP contribution in [0.5, 0.6) is 5.75 Å². The van der Waals surface area contributed by atoms with E-state index >= 15 is 0 Å². The molecule has 1 fully saturated rings. The van der Waals surface area contributed by atoms with E-state index in [1.807, 2.05) is 42.2 Å². The Morgan fingerprint density at radius 3 is 2.36 bits per heavy atom. The summed E-state index contributed by atoms with van der Waals surface area (Å²) in [6, 6.07) is 9.80. The Morgan fingerprint density at radius 2 is 1.80 bits per heavy atom. The highest BCUT2D eigenvalue weighted by molar-refractivity contribution is 14.0. The summed E-state index contributed by atoms with van der Waals surface area (Å²) >= 11 is 0. The summed E-state index contributed by atoms with van der Waals surface area (Å²) in [6.45, 7) is 10.2. The van der Waals surface area contributed by atoms with Crippen LogP contribution in [0, 0.1) is 0 Å². The van der Waals surface area contributed by atoms with E-state index in [2.05, 4.69) is 17.1 Å². The summed E-state index contributed by atoms with van der Waals surface area (Å²) in [6.07, 6.45) is -0.000403. The molecular formula is C18H29IN4O2. The largest absolute Gasteiger partial charge is 0.489 e. The number of nitrogens with zero attached hydrogens (tertiary/aromatic N) is 3. The molecule has 1 aromatic rings. The average molecular weight is 460 g/mol. The number of guanidine groups is 1. The Labute approximate surface area is 167 Å². The summed E-state index contributed by atoms with van der Waals surface area (Å²) in [5.41, 5.74) is 0. The second-order valence-electron chi connectivity index (χ2n) is 5.93. The molecule has 1 N–H and O–H groups in total. The number of carbonyl (C=O) groups is 1. The van der Waals surface area contributed by atoms with Crippen LogP contribution in [0.4, 0.5) is 0 Å². The van der Waals surface area contributed by atoms with Gasteiger partial charge in [-0.1, -0.05) is 18.2 Å². The van der Waals surface area contributed by atoms with Crippen molar-refractivity contribution in [1.82, 2.24) is 15.1 Å². The third-order valence-corrected chi connectivity index (χ3v) is 3.94. The number of halogens is 1. The van der Waals surface area contributed by atoms with Gasteiger partial charge in [0.05, 0.1) is 6.54 Å². The summed E-state index contributed by atoms with van der Waals surface area (Å²) in [7, 11) is 0. The zero-order valence-corrected chi connectivity index (χ0v) is 17.6. The maximum atomic E-state index is 11.4. The van der Waals surface area contributed by atoms with Crippen molar-refractivity contribution >= 4 is 35.8 Å². The molecule has 2 rings (SSSR count). The number of amides is 1. The van der Waals surface area contributed by atoms with Crippen LogP contribution in [0.15, 0.2) is 35.3 Å². The lowest BCUT2D eigenvalue weighted by atomic mass is 10.3. The molecule has 0 saturated carbocycles. The normalized spacial score (nSPS) is 16.0. The average Bonchev–Trinajstić information content (AvgIpc) is 2.59. The number of ether oxygens (including phenoxy) is 1. The van der Waals surface area contributed by atoms with Gasteiger partial charge in [0.25, 0.3) is 0 Å². The number of hydrogen-bond donors (Lipinski definition) is 1. The third kappa shape index (κ3) is 7.09. The van der Waals surface area contributed by atoms with E-state index in [0.29, 0.717) is 6.54 Å². The van der Waals surface area contributed by atoms with Crippen LogP contribution in [-0.4, -0.2) is 67.0 Å². The van der Waals surface area contributed by atoms with Gasteiger partial charge in [0.1, 0.15) is 11.9 Å². The monoisotopic (exact) mass is 460 g/mol. The molecule has 140 valence electrons. The van der Waals surface area contributed by atoms with Gasteiger partial charge in [0.2, 0.25) is 5.91 Å². The Kier molecular flexibility index (Phi) is 9.62. The second-order valence-corrected chi connectivity index (χ2v) is 5.93. The van der Waals surface area contributed by atoms with Gasteiger partial charge in [-0.05, 0) is 26.0 Å². The zero-order valence-electron chi connectivity index (χ0n) is 15.3. The molecule has 0 aromatic heterocycles. The first-order valence-electron chi connectivity index (χ1n) is 8.60. The van der Waals surface area contributed by atoms with Gasteiger partial charge in [0.15, 0.2) is 5.96 Å². The Morgan fingerprint density at radius 1 is 1.20 bits per heavy atom. The van der Waals surface area contributed by atoms with Crippen LogP contribution < -0.4 is 10.1 Å². The first-order chi connectivity index (χ1) is 11.6. The lowest BCUT2D eigenvalue weighted by Crippen LogP contribution is -2.53. The Balaban J connectivity index is 0.00000312. The number of benzene rings is 1. The number of carbonyl (C=O) groups excluding carboxylic acids is 1. The number of hydrogen-bond acceptors (Lipinski definition) is 3. The van der Waals surface area contributed by atoms with Gasteiger partial charge in [-0.2, -0.15) is 0 Å². The molecule has 0 spiro atoms. The topological polar surface area (TPSA) is 57.2 Å². The number of rotatable bonds is 5. The molecule has 1 aromatic carbocycles. The number of nitrogens with one attached hydrogen (secondary N) is 1. The molecule has 1 aliphatic rings. The molecule has 0 bridgehead atoms. The van der Waals surface area contributed by atoms with Crippen LogP contribution in [0.2, 0.25) is 0 Å². The standard InChI is InChI=1S/C18H28N4O2.HI/c1-4-19-18(22-12-10-21(11-13-22)16(3)23)20-14-15(2)24-17-8-6-5-7-9-17;/h5-9,15H,4,10-14H2,1-3H3,(H,19,20);1H. The van der Waals surface area contributed by atoms with Crippen molar-refractivity contribution in [3.63, 3.8) is 0 Å². The Hall–Kier alpha value is -1.51. The smallest absolute Gasteiger partial charge is 0.219 e. The van der Waals surface area contributed by atoms with Crippen LogP contribution in [0.25, 0.3) is 0 Å². The lowest BCUT2D eigenvalue weighted by Gasteiger charge is -2.36. The lowest BCUT2D eigenvalue weighted by molar-refractivity contribution is -0.130. The van der Waals surface area contributed by atoms with Gasteiger partial charge < -0.3 is 19.9 Å². The van der Waals surface area contributed by atoms with Gasteiger partial charge in [-0.15, -0.1) is 24.0 Å². The molecule has 1 atom stereocenters. The molecule has 0 radical (unpaired) electrons. The molecule has 1 unspecified atom stereocenters. The summed E-state index contributed by atoms with van der Waals surface area (Å²) in [4.78, 5) is 20.2. The van der Waals surface area contributed by atoms with Crippen LogP contribution in [0.3, 0.4) is 0 Å². The summed E-state index contributed by atoms with van der Waals surface area (Å²) < 4.78 is 5.87. The molecule has 1 aliphatic heterocycles. The summed E-state index contributed by atoms with van der Waals surface area (Å²) in [5, 5.41) is 3.33. The molecule has 1 amide bonds. The van der Waals surface area contributed by atoms with E-state index in [0.717, 1.165) is 44.4 Å². The SMILES string of the molecule is CCNC(=NCC(C)Oc1ccccc1)N1CCN(C(C)=O)CC1.I. The van der Waals surface area contributed by atoms with Gasteiger partial charge in [-0.25, -0.2) is 4.99 Å². The molecule has 0 aliphatic carbocycles. The fraction of sp³-hybridized carbons (Fsp3) is 0.556. The predicted molar refractivity (Wildman–Crippen MR) is 112 cm³/mol. The zero-order chi connectivity index (χ0) is 17.4. The first-order valence-corrected chi connectivity index (χ1v) is 8.60. The number of para-hydroxylation sites is 1. The minimum Gasteiger partial charge on any atom is -0.489 e. The molecular weight excluding hydrogens is 431 g/mol. The van der Waals surface area contributed by atoms with Crippen molar-refractivity contribution in [3.8, 4) is 5.75 Å². The van der Waals surface area contributed by atoms with E-state index < -0.39 is 0 Å². The van der Waals surface area contributed by atoms with E-state index in [1.165, 1.54) is 0 Å². The van der Waals surface area contributed by atoms with Crippen molar-refractivity contribution < 1.29 is 9.53 Å². The van der Waals surface area contributed by atoms with E-state index in [-0.39, 0.29) is 36.0 Å². The van der Waals surface area contributed by atoms with Crippen molar-refractivity contribution in [3.05, 3.63) is 30.3 Å². The first kappa shape index (κ1) is 21.5. The van der Waals surface area contributed by atoms with Gasteiger partial charge >= 0.3 is 0 Å². The Bertz CT molecular complexity index is 545. The number of aliphatic imine (C=N–C) groups is 1. The maximum Gasteiger partial charge on any atom is 0.219 e. The number of piperazine rings is 1. The van der Waals surface area contributed by atoms with Crippen molar-refractivity contribution in [1.29, 1.82) is 0 Å².